The molecule has 17 heavy (non-hydrogen) atoms. The summed E-state index contributed by atoms with van der Waals surface area (Å²) in [5.74, 6) is 0.300. The van der Waals surface area contributed by atoms with E-state index in [4.69, 9.17) is 5.73 Å². The lowest BCUT2D eigenvalue weighted by molar-refractivity contribution is 0.460. The molecule has 0 aromatic carbocycles. The minimum absolute atomic E-state index is 0.300. The summed E-state index contributed by atoms with van der Waals surface area (Å²) >= 11 is 4.63. The van der Waals surface area contributed by atoms with Crippen LogP contribution in [0, 0.1) is 12.8 Å². The van der Waals surface area contributed by atoms with Gasteiger partial charge in [0.15, 0.2) is 0 Å². The van der Waals surface area contributed by atoms with Crippen molar-refractivity contribution in [3.05, 3.63) is 15.4 Å². The molecule has 7 heteroatoms. The lowest BCUT2D eigenvalue weighted by Gasteiger charge is -2.14. The third-order valence-electron chi connectivity index (χ3n) is 3.01. The van der Waals surface area contributed by atoms with Crippen molar-refractivity contribution in [3.63, 3.8) is 0 Å². The Labute approximate surface area is 114 Å². The van der Waals surface area contributed by atoms with Crippen molar-refractivity contribution in [3.8, 4) is 0 Å². The van der Waals surface area contributed by atoms with Crippen LogP contribution in [-0.2, 0) is 10.0 Å². The minimum Gasteiger partial charge on any atom is -0.330 e. The first-order valence-electron chi connectivity index (χ1n) is 5.41. The predicted octanol–water partition coefficient (Wildman–Crippen LogP) is 1.79. The van der Waals surface area contributed by atoms with Gasteiger partial charge in [-0.05, 0) is 53.4 Å². The van der Waals surface area contributed by atoms with Crippen molar-refractivity contribution in [2.24, 2.45) is 11.7 Å². The van der Waals surface area contributed by atoms with Gasteiger partial charge in [-0.3, -0.25) is 0 Å². The maximum Gasteiger partial charge on any atom is 0.252 e. The molecule has 96 valence electrons. The Hall–Kier alpha value is 0.0500. The van der Waals surface area contributed by atoms with Gasteiger partial charge >= 0.3 is 0 Å². The maximum absolute atomic E-state index is 12.3. The number of hydrogen-bond donors (Lipinski definition) is 1. The molecule has 0 amide bonds. The molecule has 4 nitrogen and oxygen atoms in total. The van der Waals surface area contributed by atoms with Gasteiger partial charge in [-0.25, -0.2) is 8.42 Å². The van der Waals surface area contributed by atoms with Gasteiger partial charge in [0.2, 0.25) is 0 Å². The van der Waals surface area contributed by atoms with Crippen molar-refractivity contribution in [2.75, 3.05) is 19.6 Å². The van der Waals surface area contributed by atoms with Crippen LogP contribution in [0.15, 0.2) is 14.1 Å². The normalized spacial score (nSPS) is 22.2. The first kappa shape index (κ1) is 13.5. The molecule has 0 saturated carbocycles. The Morgan fingerprint density at radius 1 is 1.65 bits per heavy atom. The van der Waals surface area contributed by atoms with E-state index < -0.39 is 10.0 Å². The van der Waals surface area contributed by atoms with Gasteiger partial charge in [0.05, 0.1) is 3.79 Å². The average molecular weight is 339 g/mol. The van der Waals surface area contributed by atoms with Gasteiger partial charge in [-0.1, -0.05) is 0 Å². The number of hydrogen-bond acceptors (Lipinski definition) is 4. The Balaban J connectivity index is 2.25. The summed E-state index contributed by atoms with van der Waals surface area (Å²) in [6.07, 6.45) is 0.862. The summed E-state index contributed by atoms with van der Waals surface area (Å²) in [5, 5.41) is 0. The summed E-state index contributed by atoms with van der Waals surface area (Å²) in [6.45, 7) is 3.58. The topological polar surface area (TPSA) is 63.4 Å². The monoisotopic (exact) mass is 338 g/mol. The molecule has 1 atom stereocenters. The largest absolute Gasteiger partial charge is 0.330 e. The van der Waals surface area contributed by atoms with E-state index in [1.807, 2.05) is 6.92 Å². The van der Waals surface area contributed by atoms with E-state index in [2.05, 4.69) is 15.9 Å². The summed E-state index contributed by atoms with van der Waals surface area (Å²) in [6, 6.07) is 1.72. The van der Waals surface area contributed by atoms with Gasteiger partial charge < -0.3 is 5.73 Å². The van der Waals surface area contributed by atoms with Gasteiger partial charge in [-0.2, -0.15) is 4.31 Å². The summed E-state index contributed by atoms with van der Waals surface area (Å²) in [4.78, 5) is 0. The molecule has 0 bridgehead atoms. The van der Waals surface area contributed by atoms with E-state index in [-0.39, 0.29) is 0 Å². The number of rotatable bonds is 3. The van der Waals surface area contributed by atoms with Crippen LogP contribution in [0.2, 0.25) is 0 Å². The van der Waals surface area contributed by atoms with Crippen LogP contribution in [0.4, 0.5) is 0 Å². The van der Waals surface area contributed by atoms with Crippen LogP contribution in [0.1, 0.15) is 12.0 Å². The fourth-order valence-electron chi connectivity index (χ4n) is 1.89. The Morgan fingerprint density at radius 2 is 2.35 bits per heavy atom. The minimum atomic E-state index is -3.32. The van der Waals surface area contributed by atoms with Crippen LogP contribution in [0.3, 0.4) is 0 Å². The van der Waals surface area contributed by atoms with Crippen LogP contribution in [-0.4, -0.2) is 32.4 Å². The van der Waals surface area contributed by atoms with Crippen LogP contribution in [0.5, 0.6) is 0 Å². The molecule has 2 heterocycles. The van der Waals surface area contributed by atoms with Crippen molar-refractivity contribution in [1.29, 1.82) is 0 Å². The maximum atomic E-state index is 12.3. The molecule has 2 rings (SSSR count). The number of halogens is 1. The fourth-order valence-corrected chi connectivity index (χ4v) is 5.81. The van der Waals surface area contributed by atoms with Crippen molar-refractivity contribution < 1.29 is 8.42 Å². The van der Waals surface area contributed by atoms with E-state index in [1.165, 1.54) is 11.3 Å². The van der Waals surface area contributed by atoms with Crippen LogP contribution in [0.25, 0.3) is 0 Å². The first-order valence-corrected chi connectivity index (χ1v) is 8.46. The standard InChI is InChI=1S/C10H15BrN2O2S2/c1-7-4-9(16-10(7)11)17(14,15)13-3-2-8(5-12)6-13/h4,8H,2-3,5-6,12H2,1H3/t8-/m0/s1. The molecular formula is C10H15BrN2O2S2. The van der Waals surface area contributed by atoms with E-state index in [0.29, 0.717) is 29.8 Å². The molecule has 0 radical (unpaired) electrons. The fraction of sp³-hybridized carbons (Fsp3) is 0.600. The highest BCUT2D eigenvalue weighted by atomic mass is 79.9. The van der Waals surface area contributed by atoms with Crippen molar-refractivity contribution >= 4 is 37.3 Å². The zero-order chi connectivity index (χ0) is 12.6. The molecule has 1 saturated heterocycles. The van der Waals surface area contributed by atoms with Crippen molar-refractivity contribution in [2.45, 2.75) is 17.6 Å². The second-order valence-electron chi connectivity index (χ2n) is 4.28. The van der Waals surface area contributed by atoms with Gasteiger partial charge in [0.1, 0.15) is 4.21 Å². The molecule has 1 aliphatic heterocycles. The lowest BCUT2D eigenvalue weighted by Crippen LogP contribution is -2.29. The summed E-state index contributed by atoms with van der Waals surface area (Å²) in [7, 11) is -3.32. The highest BCUT2D eigenvalue weighted by Gasteiger charge is 2.33. The third-order valence-corrected chi connectivity index (χ3v) is 7.46. The van der Waals surface area contributed by atoms with E-state index in [1.54, 1.807) is 10.4 Å². The van der Waals surface area contributed by atoms with E-state index in [0.717, 1.165) is 15.8 Å². The SMILES string of the molecule is Cc1cc(S(=O)(=O)N2CC[C@@H](CN)C2)sc1Br. The van der Waals surface area contributed by atoms with Gasteiger partial charge in [-0.15, -0.1) is 11.3 Å². The second-order valence-corrected chi connectivity index (χ2v) is 8.81. The molecule has 1 aromatic heterocycles. The molecule has 2 N–H and O–H groups in total. The number of aryl methyl sites for hydroxylation is 1. The van der Waals surface area contributed by atoms with Gasteiger partial charge in [0.25, 0.3) is 10.0 Å². The highest BCUT2D eigenvalue weighted by molar-refractivity contribution is 9.11. The number of sulfonamides is 1. The molecule has 0 aliphatic carbocycles. The molecular weight excluding hydrogens is 324 g/mol. The molecule has 0 spiro atoms. The molecule has 0 unspecified atom stereocenters. The number of nitrogens with zero attached hydrogens (tertiary/aromatic N) is 1. The number of thiophene rings is 1. The van der Waals surface area contributed by atoms with E-state index >= 15 is 0 Å². The van der Waals surface area contributed by atoms with Gasteiger partial charge in [0, 0.05) is 13.1 Å². The summed E-state index contributed by atoms with van der Waals surface area (Å²) in [5.41, 5.74) is 6.54. The van der Waals surface area contributed by atoms with E-state index in [9.17, 15) is 8.42 Å². The summed E-state index contributed by atoms with van der Waals surface area (Å²) < 4.78 is 27.5. The Bertz CT molecular complexity index is 493. The first-order chi connectivity index (χ1) is 7.95. The second kappa shape index (κ2) is 4.97. The smallest absolute Gasteiger partial charge is 0.252 e. The quantitative estimate of drug-likeness (QED) is 0.913. The van der Waals surface area contributed by atoms with Crippen LogP contribution < -0.4 is 5.73 Å². The Kier molecular flexibility index (Phi) is 3.94. The molecule has 1 aromatic rings. The average Bonchev–Trinajstić information content (AvgIpc) is 2.87. The van der Waals surface area contributed by atoms with Crippen molar-refractivity contribution in [1.82, 2.24) is 4.31 Å². The number of nitrogens with two attached hydrogens (primary N) is 1. The zero-order valence-corrected chi connectivity index (χ0v) is 12.7. The lowest BCUT2D eigenvalue weighted by atomic mass is 10.1. The molecule has 1 aliphatic rings. The van der Waals surface area contributed by atoms with Crippen LogP contribution >= 0.6 is 27.3 Å². The Morgan fingerprint density at radius 3 is 2.82 bits per heavy atom. The zero-order valence-electron chi connectivity index (χ0n) is 9.52. The molecule has 1 fully saturated rings. The highest BCUT2D eigenvalue weighted by Crippen LogP contribution is 2.33. The predicted molar refractivity (Wildman–Crippen MR) is 72.7 cm³/mol. The third kappa shape index (κ3) is 2.58.